The predicted molar refractivity (Wildman–Crippen MR) is 76.4 cm³/mol. The van der Waals surface area contributed by atoms with Gasteiger partial charge in [0.25, 0.3) is 0 Å². The van der Waals surface area contributed by atoms with Crippen LogP contribution in [0.2, 0.25) is 5.02 Å². The van der Waals surface area contributed by atoms with Crippen LogP contribution < -0.4 is 10.6 Å². The van der Waals surface area contributed by atoms with Gasteiger partial charge in [0.2, 0.25) is 5.13 Å². The first-order chi connectivity index (χ1) is 10.3. The summed E-state index contributed by atoms with van der Waals surface area (Å²) < 4.78 is 37.9. The highest BCUT2D eigenvalue weighted by atomic mass is 35.5. The van der Waals surface area contributed by atoms with Crippen molar-refractivity contribution in [3.05, 3.63) is 22.8 Å². The number of alkyl halides is 3. The lowest BCUT2D eigenvalue weighted by molar-refractivity contribution is -0.137. The molecule has 2 aromatic heterocycles. The smallest absolute Gasteiger partial charge is 0.341 e. The van der Waals surface area contributed by atoms with E-state index in [2.05, 4.69) is 25.8 Å². The second kappa shape index (κ2) is 6.67. The summed E-state index contributed by atoms with van der Waals surface area (Å²) in [7, 11) is 1.44. The van der Waals surface area contributed by atoms with Crippen molar-refractivity contribution in [1.82, 2.24) is 20.5 Å². The van der Waals surface area contributed by atoms with Gasteiger partial charge in [-0.15, -0.1) is 10.2 Å². The van der Waals surface area contributed by atoms with Crippen molar-refractivity contribution < 1.29 is 18.0 Å². The van der Waals surface area contributed by atoms with Crippen LogP contribution in [0.5, 0.6) is 0 Å². The minimum absolute atomic E-state index is 0.143. The molecule has 0 radical (unpaired) electrons. The van der Waals surface area contributed by atoms with E-state index >= 15 is 0 Å². The molecular weight excluding hydrogens is 363 g/mol. The van der Waals surface area contributed by atoms with Crippen LogP contribution in [0.15, 0.2) is 21.6 Å². The lowest BCUT2D eigenvalue weighted by Gasteiger charge is -2.07. The monoisotopic (exact) mass is 369 g/mol. The zero-order valence-corrected chi connectivity index (χ0v) is 13.1. The molecular formula is C10H7ClF3N5OS2. The molecule has 22 heavy (non-hydrogen) atoms. The van der Waals surface area contributed by atoms with Gasteiger partial charge in [0.1, 0.15) is 5.03 Å². The molecule has 0 atom stereocenters. The quantitative estimate of drug-likeness (QED) is 0.809. The molecule has 0 aliphatic carbocycles. The Balaban J connectivity index is 2.13. The fourth-order valence-corrected chi connectivity index (χ4v) is 3.10. The van der Waals surface area contributed by atoms with Crippen molar-refractivity contribution in [1.29, 1.82) is 0 Å². The van der Waals surface area contributed by atoms with Gasteiger partial charge in [0, 0.05) is 13.2 Å². The maximum Gasteiger partial charge on any atom is 0.417 e. The number of rotatable bonds is 3. The number of carbonyl (C=O) groups is 1. The van der Waals surface area contributed by atoms with E-state index in [9.17, 15) is 18.0 Å². The third-order valence-corrected chi connectivity index (χ3v) is 4.48. The first kappa shape index (κ1) is 16.8. The Kier molecular flexibility index (Phi) is 5.08. The van der Waals surface area contributed by atoms with Crippen LogP contribution in [-0.2, 0) is 6.18 Å². The van der Waals surface area contributed by atoms with Gasteiger partial charge >= 0.3 is 12.2 Å². The van der Waals surface area contributed by atoms with E-state index in [1.54, 1.807) is 0 Å². The number of urea groups is 1. The van der Waals surface area contributed by atoms with E-state index in [4.69, 9.17) is 11.6 Å². The topological polar surface area (TPSA) is 79.8 Å². The van der Waals surface area contributed by atoms with E-state index in [0.29, 0.717) is 10.5 Å². The van der Waals surface area contributed by atoms with Gasteiger partial charge in [-0.25, -0.2) is 9.78 Å². The predicted octanol–water partition coefficient (Wildman–Crippen LogP) is 3.51. The van der Waals surface area contributed by atoms with Crippen LogP contribution >= 0.6 is 34.7 Å². The summed E-state index contributed by atoms with van der Waals surface area (Å²) in [5.41, 5.74) is -0.930. The molecule has 2 aromatic rings. The van der Waals surface area contributed by atoms with E-state index in [0.717, 1.165) is 29.2 Å². The van der Waals surface area contributed by atoms with Crippen molar-refractivity contribution in [2.24, 2.45) is 0 Å². The highest BCUT2D eigenvalue weighted by Gasteiger charge is 2.31. The Morgan fingerprint density at radius 3 is 2.73 bits per heavy atom. The van der Waals surface area contributed by atoms with E-state index < -0.39 is 17.8 Å². The number of carbonyl (C=O) groups excluding carboxylic acids is 1. The minimum Gasteiger partial charge on any atom is -0.341 e. The molecule has 0 saturated heterocycles. The Morgan fingerprint density at radius 2 is 2.14 bits per heavy atom. The molecule has 12 heteroatoms. The fourth-order valence-electron chi connectivity index (χ4n) is 1.20. The van der Waals surface area contributed by atoms with Gasteiger partial charge in [0.15, 0.2) is 4.34 Å². The van der Waals surface area contributed by atoms with Crippen LogP contribution in [0.4, 0.5) is 23.1 Å². The highest BCUT2D eigenvalue weighted by Crippen LogP contribution is 2.37. The Morgan fingerprint density at radius 1 is 1.41 bits per heavy atom. The molecule has 0 spiro atoms. The van der Waals surface area contributed by atoms with Gasteiger partial charge in [0.05, 0.1) is 10.6 Å². The number of pyridine rings is 1. The van der Waals surface area contributed by atoms with Gasteiger partial charge < -0.3 is 5.32 Å². The lowest BCUT2D eigenvalue weighted by Crippen LogP contribution is -2.24. The fraction of sp³-hybridized carbons (Fsp3) is 0.200. The van der Waals surface area contributed by atoms with Crippen LogP contribution in [0.1, 0.15) is 5.56 Å². The molecule has 0 aliphatic heterocycles. The zero-order chi connectivity index (χ0) is 16.3. The van der Waals surface area contributed by atoms with E-state index in [-0.39, 0.29) is 15.2 Å². The van der Waals surface area contributed by atoms with Crippen molar-refractivity contribution in [3.8, 4) is 0 Å². The summed E-state index contributed by atoms with van der Waals surface area (Å²) >= 11 is 7.78. The lowest BCUT2D eigenvalue weighted by atomic mass is 10.3. The standard InChI is InChI=1S/C10H7ClF3N5OS2/c1-15-7(20)17-8-18-19-9(22-8)21-6-5(11)2-4(3-16-6)10(12,13)14/h2-3H,1H3,(H2,15,17,18,20). The minimum atomic E-state index is -4.51. The number of hydrogen-bond acceptors (Lipinski definition) is 6. The molecule has 2 N–H and O–H groups in total. The molecule has 0 unspecified atom stereocenters. The zero-order valence-electron chi connectivity index (χ0n) is 10.7. The first-order valence-electron chi connectivity index (χ1n) is 5.52. The normalized spacial score (nSPS) is 11.3. The summed E-state index contributed by atoms with van der Waals surface area (Å²) in [6.45, 7) is 0. The number of anilines is 1. The molecule has 0 saturated carbocycles. The molecule has 2 heterocycles. The van der Waals surface area contributed by atoms with Crippen molar-refractivity contribution in [2.75, 3.05) is 12.4 Å². The number of nitrogens with zero attached hydrogens (tertiary/aromatic N) is 3. The van der Waals surface area contributed by atoms with Crippen molar-refractivity contribution >= 4 is 45.9 Å². The van der Waals surface area contributed by atoms with Gasteiger partial charge in [-0.3, -0.25) is 5.32 Å². The Hall–Kier alpha value is -1.59. The number of nitrogens with one attached hydrogen (secondary N) is 2. The second-order valence-corrected chi connectivity index (χ2v) is 6.31. The maximum absolute atomic E-state index is 12.5. The number of halogens is 4. The Bertz CT molecular complexity index is 693. The summed E-state index contributed by atoms with van der Waals surface area (Å²) in [6.07, 6.45) is -3.81. The molecule has 2 amide bonds. The highest BCUT2D eigenvalue weighted by molar-refractivity contribution is 8.01. The first-order valence-corrected chi connectivity index (χ1v) is 7.53. The number of hydrogen-bond donors (Lipinski definition) is 2. The van der Waals surface area contributed by atoms with Crippen LogP contribution in [0.25, 0.3) is 0 Å². The molecule has 6 nitrogen and oxygen atoms in total. The van der Waals surface area contributed by atoms with Crippen molar-refractivity contribution in [3.63, 3.8) is 0 Å². The van der Waals surface area contributed by atoms with Crippen LogP contribution in [-0.4, -0.2) is 28.3 Å². The number of aromatic nitrogens is 3. The van der Waals surface area contributed by atoms with E-state index in [1.807, 2.05) is 0 Å². The second-order valence-electron chi connectivity index (χ2n) is 3.69. The van der Waals surface area contributed by atoms with Gasteiger partial charge in [-0.1, -0.05) is 22.9 Å². The average molecular weight is 370 g/mol. The molecule has 0 bridgehead atoms. The Labute approximate surface area is 135 Å². The van der Waals surface area contributed by atoms with Gasteiger partial charge in [-0.2, -0.15) is 13.2 Å². The molecule has 2 rings (SSSR count). The largest absolute Gasteiger partial charge is 0.417 e. The summed E-state index contributed by atoms with van der Waals surface area (Å²) in [6, 6.07) is 0.333. The third-order valence-electron chi connectivity index (χ3n) is 2.17. The SMILES string of the molecule is CNC(=O)Nc1nnc(Sc2ncc(C(F)(F)F)cc2Cl)s1. The van der Waals surface area contributed by atoms with Crippen LogP contribution in [0, 0.1) is 0 Å². The molecule has 0 aromatic carbocycles. The van der Waals surface area contributed by atoms with Crippen LogP contribution in [0.3, 0.4) is 0 Å². The maximum atomic E-state index is 12.5. The van der Waals surface area contributed by atoms with Gasteiger partial charge in [-0.05, 0) is 17.8 Å². The summed E-state index contributed by atoms with van der Waals surface area (Å²) in [4.78, 5) is 14.8. The summed E-state index contributed by atoms with van der Waals surface area (Å²) in [5, 5.41) is 12.5. The summed E-state index contributed by atoms with van der Waals surface area (Å²) in [5.74, 6) is 0. The molecule has 118 valence electrons. The number of amides is 2. The van der Waals surface area contributed by atoms with E-state index in [1.165, 1.54) is 7.05 Å². The van der Waals surface area contributed by atoms with Crippen molar-refractivity contribution in [2.45, 2.75) is 15.5 Å². The molecule has 0 fully saturated rings. The average Bonchev–Trinajstić information content (AvgIpc) is 2.87. The third kappa shape index (κ3) is 4.21. The molecule has 0 aliphatic rings.